The van der Waals surface area contributed by atoms with Crippen LogP contribution in [0.2, 0.25) is 0 Å². The number of unbranched alkanes of at least 4 members (excludes halogenated alkanes) is 44. The molecule has 14 nitrogen and oxygen atoms in total. The Morgan fingerprint density at radius 2 is 0.579 bits per heavy atom. The molecule has 0 aromatic carbocycles. The monoisotopic (exact) mass is 1350 g/mol. The topological polar surface area (TPSA) is 205 Å². The predicted octanol–water partition coefficient (Wildman–Crippen LogP) is 21.2. The largest absolute Gasteiger partial charge is 0.463 e. The Balaban J connectivity index is 0.00000252. The summed E-state index contributed by atoms with van der Waals surface area (Å²) in [5, 5.41) is 39.3. The molecule has 1 aliphatic rings. The van der Waals surface area contributed by atoms with Crippen molar-refractivity contribution in [2.45, 2.75) is 456 Å². The van der Waals surface area contributed by atoms with Gasteiger partial charge in [0.15, 0.2) is 6.10 Å². The Morgan fingerprint density at radius 1 is 0.326 bits per heavy atom. The van der Waals surface area contributed by atoms with Gasteiger partial charge in [0.25, 0.3) is 0 Å². The highest BCUT2D eigenvalue weighted by molar-refractivity contribution is 5.71. The first-order valence-corrected chi connectivity index (χ1v) is 41.0. The van der Waals surface area contributed by atoms with Gasteiger partial charge in [0.05, 0.1) is 37.6 Å². The van der Waals surface area contributed by atoms with Gasteiger partial charge in [-0.25, -0.2) is 0 Å². The van der Waals surface area contributed by atoms with Crippen molar-refractivity contribution in [2.75, 3.05) is 39.6 Å². The van der Waals surface area contributed by atoms with Gasteiger partial charge in [0.2, 0.25) is 0 Å². The number of aliphatic hydroxyl groups is 4. The quantitative estimate of drug-likeness (QED) is 0.0254. The van der Waals surface area contributed by atoms with Gasteiger partial charge in [-0.3, -0.25) is 19.2 Å². The minimum atomic E-state index is -0.815. The first-order chi connectivity index (χ1) is 46.4. The molecule has 14 heteroatoms. The molecule has 1 aliphatic heterocycles. The lowest BCUT2D eigenvalue weighted by Gasteiger charge is -2.26. The summed E-state index contributed by atoms with van der Waals surface area (Å²) in [5.74, 6) is -1.09. The zero-order valence-electron chi connectivity index (χ0n) is 62.7. The molecule has 95 heavy (non-hydrogen) atoms. The average molecular weight is 1350 g/mol. The smallest absolute Gasteiger partial charge is 0.306 e. The standard InChI is InChI=1S/C57H110O9.C24H46O5/c1-4-7-10-31-40-51(58)43-34-25-19-13-16-22-28-37-46-55(61)64-49-54(66-57(63)48-39-30-24-18-15-21-27-36-45-53(60)42-33-12-9-6-3)50-65-56(62)47-38-29-23-17-14-20-26-35-44-52(59)41-32-11-8-5-2;1-22-19-28-23(20-27-22)21-29-24(26)17-15-13-11-9-7-5-3-2-4-6-8-10-12-14-16-18-25/h51-54,58-60H,4-50H2,1-3H3;22-23,25H,2-21H2,1H3. The van der Waals surface area contributed by atoms with Gasteiger partial charge < -0.3 is 48.8 Å². The van der Waals surface area contributed by atoms with Crippen LogP contribution in [0.3, 0.4) is 0 Å². The Hall–Kier alpha value is -2.36. The third-order valence-corrected chi connectivity index (χ3v) is 18.9. The van der Waals surface area contributed by atoms with Crippen molar-refractivity contribution in [1.29, 1.82) is 0 Å². The predicted molar refractivity (Wildman–Crippen MR) is 392 cm³/mol. The molecule has 0 aromatic heterocycles. The molecule has 5 unspecified atom stereocenters. The Kier molecular flexibility index (Phi) is 72.5. The summed E-state index contributed by atoms with van der Waals surface area (Å²) in [5.41, 5.74) is 0. The number of carbonyl (C=O) groups excluding carboxylic acids is 4. The number of hydrogen-bond donors (Lipinski definition) is 4. The van der Waals surface area contributed by atoms with Crippen LogP contribution in [0.15, 0.2) is 0 Å². The van der Waals surface area contributed by atoms with Gasteiger partial charge in [0, 0.05) is 32.3 Å². The van der Waals surface area contributed by atoms with Gasteiger partial charge >= 0.3 is 23.9 Å². The van der Waals surface area contributed by atoms with Crippen LogP contribution < -0.4 is 0 Å². The van der Waals surface area contributed by atoms with E-state index in [9.17, 15) is 34.5 Å². The summed E-state index contributed by atoms with van der Waals surface area (Å²) in [4.78, 5) is 49.9. The molecule has 5 atom stereocenters. The molecule has 1 heterocycles. The van der Waals surface area contributed by atoms with E-state index in [0.717, 1.165) is 180 Å². The number of hydrogen-bond acceptors (Lipinski definition) is 14. The number of ether oxygens (including phenoxy) is 6. The van der Waals surface area contributed by atoms with Crippen LogP contribution in [0, 0.1) is 0 Å². The summed E-state index contributed by atoms with van der Waals surface area (Å²) < 4.78 is 33.1. The summed E-state index contributed by atoms with van der Waals surface area (Å²) in [6.45, 7) is 10.1. The molecule has 0 saturated carbocycles. The Labute approximate surface area is 584 Å². The second kappa shape index (κ2) is 74.3. The first kappa shape index (κ1) is 92.6. The zero-order valence-corrected chi connectivity index (χ0v) is 62.7. The average Bonchev–Trinajstić information content (AvgIpc) is 3.77. The normalized spacial score (nSPS) is 15.2. The van der Waals surface area contributed by atoms with Crippen molar-refractivity contribution in [3.63, 3.8) is 0 Å². The van der Waals surface area contributed by atoms with E-state index in [1.165, 1.54) is 186 Å². The maximum Gasteiger partial charge on any atom is 0.306 e. The van der Waals surface area contributed by atoms with Gasteiger partial charge in [-0.1, -0.05) is 316 Å². The molecule has 0 amide bonds. The second-order valence-corrected chi connectivity index (χ2v) is 28.6. The van der Waals surface area contributed by atoms with Crippen LogP contribution in [0.4, 0.5) is 0 Å². The molecule has 1 rings (SSSR count). The molecule has 4 N–H and O–H groups in total. The second-order valence-electron chi connectivity index (χ2n) is 28.6. The van der Waals surface area contributed by atoms with Crippen LogP contribution in [0.5, 0.6) is 0 Å². The van der Waals surface area contributed by atoms with Gasteiger partial charge in [-0.15, -0.1) is 0 Å². The van der Waals surface area contributed by atoms with Gasteiger partial charge in [-0.2, -0.15) is 0 Å². The first-order valence-electron chi connectivity index (χ1n) is 41.0. The maximum absolute atomic E-state index is 12.8. The number of carbonyl (C=O) groups is 4. The van der Waals surface area contributed by atoms with E-state index in [2.05, 4.69) is 20.8 Å². The van der Waals surface area contributed by atoms with E-state index >= 15 is 0 Å². The molecular formula is C81H156O14. The molecule has 0 aliphatic carbocycles. The highest BCUT2D eigenvalue weighted by Crippen LogP contribution is 2.20. The molecule has 564 valence electrons. The van der Waals surface area contributed by atoms with E-state index < -0.39 is 6.10 Å². The highest BCUT2D eigenvalue weighted by Gasteiger charge is 2.22. The van der Waals surface area contributed by atoms with E-state index in [0.29, 0.717) is 45.7 Å². The number of rotatable bonds is 72. The fourth-order valence-electron chi connectivity index (χ4n) is 12.5. The lowest BCUT2D eigenvalue weighted by molar-refractivity contribution is -0.167. The SMILES string of the molecule is CC1COC(COC(=O)CCCCCCCCCCCCCCCCCO)CO1.CCCCCCC(O)CCCCCCCCCCC(=O)OCC(COC(=O)CCCCCCCCCCC(O)CCCCCC)OC(=O)CCCCCCCCCCC(O)CCCCCC. The van der Waals surface area contributed by atoms with Crippen molar-refractivity contribution in [3.05, 3.63) is 0 Å². The van der Waals surface area contributed by atoms with Crippen molar-refractivity contribution < 1.29 is 68.0 Å². The lowest BCUT2D eigenvalue weighted by atomic mass is 10.0. The van der Waals surface area contributed by atoms with E-state index in [-0.39, 0.29) is 74.0 Å². The summed E-state index contributed by atoms with van der Waals surface area (Å²) >= 11 is 0. The summed E-state index contributed by atoms with van der Waals surface area (Å²) in [7, 11) is 0. The molecule has 1 saturated heterocycles. The van der Waals surface area contributed by atoms with Crippen molar-refractivity contribution in [2.24, 2.45) is 0 Å². The molecule has 0 spiro atoms. The van der Waals surface area contributed by atoms with Crippen LogP contribution in [-0.4, -0.2) is 121 Å². The maximum atomic E-state index is 12.8. The number of aliphatic hydroxyl groups excluding tert-OH is 4. The third-order valence-electron chi connectivity index (χ3n) is 18.9. The fraction of sp³-hybridized carbons (Fsp3) is 0.951. The molecule has 0 radical (unpaired) electrons. The van der Waals surface area contributed by atoms with Crippen LogP contribution in [0.25, 0.3) is 0 Å². The van der Waals surface area contributed by atoms with Gasteiger partial charge in [-0.05, 0) is 77.6 Å². The minimum absolute atomic E-state index is 0.105. The van der Waals surface area contributed by atoms with E-state index in [4.69, 9.17) is 33.5 Å². The van der Waals surface area contributed by atoms with Crippen LogP contribution in [0.1, 0.15) is 419 Å². The fourth-order valence-corrected chi connectivity index (χ4v) is 12.5. The van der Waals surface area contributed by atoms with Crippen molar-refractivity contribution in [3.8, 4) is 0 Å². The molecular weight excluding hydrogens is 1200 g/mol. The van der Waals surface area contributed by atoms with Gasteiger partial charge in [0.1, 0.15) is 25.9 Å². The van der Waals surface area contributed by atoms with Crippen molar-refractivity contribution in [1.82, 2.24) is 0 Å². The third kappa shape index (κ3) is 71.3. The highest BCUT2D eigenvalue weighted by atomic mass is 16.6. The lowest BCUT2D eigenvalue weighted by Crippen LogP contribution is -2.37. The van der Waals surface area contributed by atoms with Crippen molar-refractivity contribution >= 4 is 23.9 Å². The van der Waals surface area contributed by atoms with Crippen LogP contribution in [-0.2, 0) is 47.6 Å². The number of esters is 4. The summed E-state index contributed by atoms with van der Waals surface area (Å²) in [6, 6.07) is 0. The summed E-state index contributed by atoms with van der Waals surface area (Å²) in [6.07, 6.45) is 64.8. The van der Waals surface area contributed by atoms with E-state index in [1.807, 2.05) is 6.92 Å². The Morgan fingerprint density at radius 3 is 0.853 bits per heavy atom. The minimum Gasteiger partial charge on any atom is -0.463 e. The van der Waals surface area contributed by atoms with Crippen LogP contribution >= 0.6 is 0 Å². The molecule has 1 fully saturated rings. The molecule has 0 aromatic rings. The zero-order chi connectivity index (χ0) is 69.4. The molecule has 0 bridgehead atoms. The van der Waals surface area contributed by atoms with E-state index in [1.54, 1.807) is 0 Å². The Bertz CT molecular complexity index is 1550.